The number of hydrogen-bond donors (Lipinski definition) is 1. The van der Waals surface area contributed by atoms with Gasteiger partial charge in [-0.3, -0.25) is 9.69 Å². The van der Waals surface area contributed by atoms with Crippen LogP contribution in [0.15, 0.2) is 36.4 Å². The number of carbonyl (C=O) groups is 1. The van der Waals surface area contributed by atoms with E-state index in [1.54, 1.807) is 13.2 Å². The van der Waals surface area contributed by atoms with Crippen LogP contribution >= 0.6 is 0 Å². The third kappa shape index (κ3) is 3.40. The zero-order valence-corrected chi connectivity index (χ0v) is 17.0. The Kier molecular flexibility index (Phi) is 5.05. The molecular formula is C24H25FN2O3. The number of likely N-dealkylation sites (tertiary alicyclic amines) is 1. The molecule has 1 atom stereocenters. The Hall–Kier alpha value is -2.70. The summed E-state index contributed by atoms with van der Waals surface area (Å²) in [4.78, 5) is 15.1. The highest BCUT2D eigenvalue weighted by Gasteiger charge is 2.33. The third-order valence-corrected chi connectivity index (χ3v) is 6.29. The average molecular weight is 408 g/mol. The van der Waals surface area contributed by atoms with Gasteiger partial charge in [0.2, 0.25) is 0 Å². The van der Waals surface area contributed by atoms with Crippen molar-refractivity contribution in [1.82, 2.24) is 4.90 Å². The van der Waals surface area contributed by atoms with Crippen LogP contribution in [0.1, 0.15) is 35.1 Å². The first-order valence-electron chi connectivity index (χ1n) is 10.5. The highest BCUT2D eigenvalue weighted by Crippen LogP contribution is 2.42. The van der Waals surface area contributed by atoms with E-state index in [1.165, 1.54) is 30.5 Å². The summed E-state index contributed by atoms with van der Waals surface area (Å²) in [5, 5.41) is 2.80. The highest BCUT2D eigenvalue weighted by molar-refractivity contribution is 6.36. The topological polar surface area (TPSA) is 50.8 Å². The standard InChI is InChI=1S/C24H25FN2O3/c1-29-14-18-3-2-9-27(18)10-8-15-4-6-19-16(11-15)13-30-23(19)22-20-12-17(25)5-7-21(20)26-24(22)28/h4-7,11-12,18H,2-3,8-10,13-14H2,1H3,(H,26,28)/b23-22+. The van der Waals surface area contributed by atoms with Crippen molar-refractivity contribution in [2.75, 3.05) is 32.1 Å². The first-order chi connectivity index (χ1) is 14.6. The number of halogens is 1. The van der Waals surface area contributed by atoms with Gasteiger partial charge in [0.15, 0.2) is 0 Å². The Bertz CT molecular complexity index is 1030. The maximum atomic E-state index is 13.8. The fourth-order valence-electron chi connectivity index (χ4n) is 4.79. The lowest BCUT2D eigenvalue weighted by molar-refractivity contribution is -0.110. The second-order valence-corrected chi connectivity index (χ2v) is 8.17. The lowest BCUT2D eigenvalue weighted by atomic mass is 9.98. The molecule has 3 aliphatic rings. The number of ether oxygens (including phenoxy) is 2. The summed E-state index contributed by atoms with van der Waals surface area (Å²) in [6.45, 7) is 3.36. The SMILES string of the molecule is COCC1CCCN1CCc1ccc2c(c1)CO/C2=C1/C(=O)Nc2ccc(F)cc21. The van der Waals surface area contributed by atoms with Crippen LogP contribution < -0.4 is 5.32 Å². The second kappa shape index (κ2) is 7.85. The predicted molar refractivity (Wildman–Crippen MR) is 113 cm³/mol. The second-order valence-electron chi connectivity index (χ2n) is 8.17. The molecule has 0 aliphatic carbocycles. The molecule has 1 fully saturated rings. The minimum Gasteiger partial charge on any atom is -0.487 e. The first-order valence-corrected chi connectivity index (χ1v) is 10.5. The zero-order valence-electron chi connectivity index (χ0n) is 17.0. The number of amides is 1. The molecule has 2 aromatic rings. The van der Waals surface area contributed by atoms with Gasteiger partial charge in [-0.1, -0.05) is 18.2 Å². The van der Waals surface area contributed by atoms with Gasteiger partial charge >= 0.3 is 0 Å². The van der Waals surface area contributed by atoms with E-state index < -0.39 is 0 Å². The highest BCUT2D eigenvalue weighted by atomic mass is 19.1. The number of anilines is 1. The number of nitrogens with one attached hydrogen (secondary N) is 1. The summed E-state index contributed by atoms with van der Waals surface area (Å²) < 4.78 is 25.0. The van der Waals surface area contributed by atoms with Crippen LogP contribution in [-0.4, -0.2) is 43.7 Å². The number of rotatable bonds is 5. The molecule has 0 radical (unpaired) electrons. The number of hydrogen-bond acceptors (Lipinski definition) is 4. The Balaban J connectivity index is 1.38. The predicted octanol–water partition coefficient (Wildman–Crippen LogP) is 3.83. The van der Waals surface area contributed by atoms with E-state index in [9.17, 15) is 9.18 Å². The molecular weight excluding hydrogens is 383 g/mol. The molecule has 0 spiro atoms. The lowest BCUT2D eigenvalue weighted by Gasteiger charge is -2.23. The Morgan fingerprint density at radius 2 is 2.13 bits per heavy atom. The van der Waals surface area contributed by atoms with Gasteiger partial charge in [0, 0.05) is 42.1 Å². The summed E-state index contributed by atoms with van der Waals surface area (Å²) in [6, 6.07) is 11.1. The molecule has 0 bridgehead atoms. The van der Waals surface area contributed by atoms with E-state index in [-0.39, 0.29) is 11.7 Å². The van der Waals surface area contributed by atoms with Gasteiger partial charge in [0.1, 0.15) is 18.2 Å². The van der Waals surface area contributed by atoms with Gasteiger partial charge in [-0.2, -0.15) is 0 Å². The molecule has 6 heteroatoms. The van der Waals surface area contributed by atoms with Crippen molar-refractivity contribution in [2.45, 2.75) is 31.9 Å². The van der Waals surface area contributed by atoms with Crippen LogP contribution in [0.2, 0.25) is 0 Å². The maximum Gasteiger partial charge on any atom is 0.260 e. The van der Waals surface area contributed by atoms with Gasteiger partial charge in [-0.15, -0.1) is 0 Å². The van der Waals surface area contributed by atoms with Crippen molar-refractivity contribution < 1.29 is 18.7 Å². The van der Waals surface area contributed by atoms with Crippen LogP contribution in [0, 0.1) is 5.82 Å². The molecule has 1 unspecified atom stereocenters. The first kappa shape index (κ1) is 19.3. The van der Waals surface area contributed by atoms with Crippen molar-refractivity contribution in [3.63, 3.8) is 0 Å². The third-order valence-electron chi connectivity index (χ3n) is 6.29. The van der Waals surface area contributed by atoms with E-state index in [0.29, 0.717) is 35.2 Å². The minimum atomic E-state index is -0.370. The summed E-state index contributed by atoms with van der Waals surface area (Å²) in [6.07, 6.45) is 3.40. The van der Waals surface area contributed by atoms with Gasteiger partial charge < -0.3 is 14.8 Å². The normalized spacial score (nSPS) is 22.7. The molecule has 1 N–H and O–H groups in total. The lowest BCUT2D eigenvalue weighted by Crippen LogP contribution is -2.34. The van der Waals surface area contributed by atoms with Crippen LogP contribution in [0.25, 0.3) is 11.3 Å². The maximum absolute atomic E-state index is 13.8. The molecule has 1 saturated heterocycles. The molecule has 30 heavy (non-hydrogen) atoms. The van der Waals surface area contributed by atoms with Crippen molar-refractivity contribution in [3.8, 4) is 0 Å². The van der Waals surface area contributed by atoms with Crippen molar-refractivity contribution in [1.29, 1.82) is 0 Å². The van der Waals surface area contributed by atoms with Crippen molar-refractivity contribution in [3.05, 3.63) is 64.5 Å². The Morgan fingerprint density at radius 1 is 1.23 bits per heavy atom. The molecule has 156 valence electrons. The van der Waals surface area contributed by atoms with Crippen molar-refractivity contribution >= 4 is 22.9 Å². The molecule has 3 aliphatic heterocycles. The number of fused-ring (bicyclic) bond motifs is 2. The van der Waals surface area contributed by atoms with Crippen LogP contribution in [0.4, 0.5) is 10.1 Å². The Morgan fingerprint density at radius 3 is 3.00 bits per heavy atom. The van der Waals surface area contributed by atoms with Crippen LogP contribution in [0.5, 0.6) is 0 Å². The molecule has 3 heterocycles. The molecule has 0 saturated carbocycles. The molecule has 0 aromatic heterocycles. The number of methoxy groups -OCH3 is 1. The summed E-state index contributed by atoms with van der Waals surface area (Å²) in [5.41, 5.74) is 4.84. The van der Waals surface area contributed by atoms with Gasteiger partial charge in [0.05, 0.1) is 12.2 Å². The van der Waals surface area contributed by atoms with Gasteiger partial charge in [-0.25, -0.2) is 4.39 Å². The molecule has 2 aromatic carbocycles. The Labute approximate surface area is 175 Å². The van der Waals surface area contributed by atoms with E-state index in [4.69, 9.17) is 9.47 Å². The van der Waals surface area contributed by atoms with Gasteiger partial charge in [-0.05, 0) is 49.6 Å². The fraction of sp³-hybridized carbons (Fsp3) is 0.375. The van der Waals surface area contributed by atoms with Gasteiger partial charge in [0.25, 0.3) is 5.91 Å². The quantitative estimate of drug-likeness (QED) is 0.764. The number of benzene rings is 2. The van der Waals surface area contributed by atoms with E-state index >= 15 is 0 Å². The van der Waals surface area contributed by atoms with Crippen LogP contribution in [-0.2, 0) is 27.3 Å². The molecule has 5 nitrogen and oxygen atoms in total. The molecule has 5 rings (SSSR count). The van der Waals surface area contributed by atoms with Crippen LogP contribution in [0.3, 0.4) is 0 Å². The fourth-order valence-corrected chi connectivity index (χ4v) is 4.79. The average Bonchev–Trinajstić information content (AvgIpc) is 3.43. The summed E-state index contributed by atoms with van der Waals surface area (Å²) >= 11 is 0. The summed E-state index contributed by atoms with van der Waals surface area (Å²) in [7, 11) is 1.76. The smallest absolute Gasteiger partial charge is 0.260 e. The minimum absolute atomic E-state index is 0.249. The monoisotopic (exact) mass is 408 g/mol. The largest absolute Gasteiger partial charge is 0.487 e. The number of carbonyl (C=O) groups excluding carboxylic acids is 1. The van der Waals surface area contributed by atoms with E-state index in [1.807, 2.05) is 6.07 Å². The van der Waals surface area contributed by atoms with Crippen molar-refractivity contribution in [2.24, 2.45) is 0 Å². The van der Waals surface area contributed by atoms with E-state index in [0.717, 1.165) is 37.2 Å². The summed E-state index contributed by atoms with van der Waals surface area (Å²) in [5.74, 6) is -0.0792. The molecule has 1 amide bonds. The number of nitrogens with zero attached hydrogens (tertiary/aromatic N) is 1. The van der Waals surface area contributed by atoms with E-state index in [2.05, 4.69) is 22.3 Å². The zero-order chi connectivity index (χ0) is 20.7.